The molecule has 4 heteroatoms. The summed E-state index contributed by atoms with van der Waals surface area (Å²) in [7, 11) is 0. The Morgan fingerprint density at radius 3 is 2.93 bits per heavy atom. The SMILES string of the molecule is Cc1ccn(CC(=O)NC2CCCC2)n1. The Morgan fingerprint density at radius 1 is 1.60 bits per heavy atom. The summed E-state index contributed by atoms with van der Waals surface area (Å²) >= 11 is 0. The molecule has 0 aromatic carbocycles. The van der Waals surface area contributed by atoms with Crippen molar-refractivity contribution in [1.82, 2.24) is 15.1 Å². The van der Waals surface area contributed by atoms with E-state index in [2.05, 4.69) is 10.4 Å². The number of carbonyl (C=O) groups excluding carboxylic acids is 1. The van der Waals surface area contributed by atoms with E-state index in [1.807, 2.05) is 19.2 Å². The topological polar surface area (TPSA) is 46.9 Å². The van der Waals surface area contributed by atoms with E-state index in [4.69, 9.17) is 0 Å². The molecule has 1 fully saturated rings. The molecule has 1 N–H and O–H groups in total. The van der Waals surface area contributed by atoms with E-state index >= 15 is 0 Å². The highest BCUT2D eigenvalue weighted by Gasteiger charge is 2.17. The van der Waals surface area contributed by atoms with Gasteiger partial charge in [-0.1, -0.05) is 12.8 Å². The largest absolute Gasteiger partial charge is 0.352 e. The number of hydrogen-bond acceptors (Lipinski definition) is 2. The van der Waals surface area contributed by atoms with E-state index in [9.17, 15) is 4.79 Å². The molecule has 1 aliphatic carbocycles. The Balaban J connectivity index is 1.81. The third-order valence-corrected chi connectivity index (χ3v) is 2.80. The number of hydrogen-bond donors (Lipinski definition) is 1. The third kappa shape index (κ3) is 2.81. The summed E-state index contributed by atoms with van der Waals surface area (Å²) in [5.41, 5.74) is 0.948. The molecule has 0 unspecified atom stereocenters. The zero-order valence-corrected chi connectivity index (χ0v) is 9.07. The highest BCUT2D eigenvalue weighted by atomic mass is 16.2. The molecule has 1 aromatic rings. The maximum atomic E-state index is 11.6. The first-order chi connectivity index (χ1) is 7.24. The van der Waals surface area contributed by atoms with Crippen LogP contribution in [0.3, 0.4) is 0 Å². The Hall–Kier alpha value is -1.32. The molecule has 0 atom stereocenters. The van der Waals surface area contributed by atoms with Crippen molar-refractivity contribution < 1.29 is 4.79 Å². The first-order valence-corrected chi connectivity index (χ1v) is 5.53. The van der Waals surface area contributed by atoms with Crippen LogP contribution in [0.1, 0.15) is 31.4 Å². The Bertz CT molecular complexity index is 339. The van der Waals surface area contributed by atoms with Crippen LogP contribution >= 0.6 is 0 Å². The van der Waals surface area contributed by atoms with Gasteiger partial charge in [0.15, 0.2) is 0 Å². The van der Waals surface area contributed by atoms with E-state index in [1.54, 1.807) is 4.68 Å². The Morgan fingerprint density at radius 2 is 2.33 bits per heavy atom. The van der Waals surface area contributed by atoms with E-state index in [1.165, 1.54) is 12.8 Å². The number of rotatable bonds is 3. The molecule has 0 bridgehead atoms. The van der Waals surface area contributed by atoms with Crippen molar-refractivity contribution in [2.75, 3.05) is 0 Å². The molecule has 0 spiro atoms. The van der Waals surface area contributed by atoms with E-state index in [0.29, 0.717) is 12.6 Å². The van der Waals surface area contributed by atoms with E-state index in [0.717, 1.165) is 18.5 Å². The standard InChI is InChI=1S/C11H17N3O/c1-9-6-7-14(13-9)8-11(15)12-10-4-2-3-5-10/h6-7,10H,2-5,8H2,1H3,(H,12,15). The van der Waals surface area contributed by atoms with Gasteiger partial charge in [-0.25, -0.2) is 0 Å². The predicted molar refractivity (Wildman–Crippen MR) is 57.4 cm³/mol. The summed E-state index contributed by atoms with van der Waals surface area (Å²) < 4.78 is 1.68. The second kappa shape index (κ2) is 4.47. The minimum atomic E-state index is 0.0741. The molecule has 15 heavy (non-hydrogen) atoms. The lowest BCUT2D eigenvalue weighted by atomic mass is 10.2. The molecule has 4 nitrogen and oxygen atoms in total. The quantitative estimate of drug-likeness (QED) is 0.810. The minimum absolute atomic E-state index is 0.0741. The molecular formula is C11H17N3O. The summed E-state index contributed by atoms with van der Waals surface area (Å²) in [6.45, 7) is 2.26. The monoisotopic (exact) mass is 207 g/mol. The fourth-order valence-electron chi connectivity index (χ4n) is 2.04. The zero-order valence-electron chi connectivity index (χ0n) is 9.07. The van der Waals surface area contributed by atoms with Crippen LogP contribution in [0.2, 0.25) is 0 Å². The molecular weight excluding hydrogens is 190 g/mol. The van der Waals surface area contributed by atoms with Crippen LogP contribution in [0.25, 0.3) is 0 Å². The zero-order chi connectivity index (χ0) is 10.7. The van der Waals surface area contributed by atoms with Gasteiger partial charge in [-0.05, 0) is 25.8 Å². The molecule has 1 heterocycles. The van der Waals surface area contributed by atoms with Gasteiger partial charge in [-0.2, -0.15) is 5.10 Å². The molecule has 2 rings (SSSR count). The van der Waals surface area contributed by atoms with Crippen molar-refractivity contribution in [2.24, 2.45) is 0 Å². The summed E-state index contributed by atoms with van der Waals surface area (Å²) in [6, 6.07) is 2.30. The molecule has 1 amide bonds. The van der Waals surface area contributed by atoms with Crippen LogP contribution in [0, 0.1) is 6.92 Å². The number of aryl methyl sites for hydroxylation is 1. The lowest BCUT2D eigenvalue weighted by Crippen LogP contribution is -2.35. The summed E-state index contributed by atoms with van der Waals surface area (Å²) in [6.07, 6.45) is 6.58. The first-order valence-electron chi connectivity index (χ1n) is 5.53. The van der Waals surface area contributed by atoms with Crippen LogP contribution in [0.5, 0.6) is 0 Å². The maximum Gasteiger partial charge on any atom is 0.241 e. The smallest absolute Gasteiger partial charge is 0.241 e. The van der Waals surface area contributed by atoms with Crippen molar-refractivity contribution >= 4 is 5.91 Å². The Kier molecular flexibility index (Phi) is 3.04. The van der Waals surface area contributed by atoms with Crippen molar-refractivity contribution in [1.29, 1.82) is 0 Å². The minimum Gasteiger partial charge on any atom is -0.352 e. The average Bonchev–Trinajstić information content (AvgIpc) is 2.77. The van der Waals surface area contributed by atoms with Gasteiger partial charge < -0.3 is 5.32 Å². The fourth-order valence-corrected chi connectivity index (χ4v) is 2.04. The molecule has 1 aliphatic rings. The lowest BCUT2D eigenvalue weighted by Gasteiger charge is -2.11. The van der Waals surface area contributed by atoms with Crippen LogP contribution in [0.4, 0.5) is 0 Å². The second-order valence-electron chi connectivity index (χ2n) is 4.20. The van der Waals surface area contributed by atoms with Gasteiger partial charge in [-0.3, -0.25) is 9.48 Å². The lowest BCUT2D eigenvalue weighted by molar-refractivity contribution is -0.122. The van der Waals surface area contributed by atoms with Crippen LogP contribution in [0.15, 0.2) is 12.3 Å². The van der Waals surface area contributed by atoms with E-state index < -0.39 is 0 Å². The first kappa shape index (κ1) is 10.2. The number of nitrogens with one attached hydrogen (secondary N) is 1. The molecule has 82 valence electrons. The Labute approximate surface area is 89.7 Å². The van der Waals surface area contributed by atoms with Gasteiger partial charge in [0.2, 0.25) is 5.91 Å². The summed E-state index contributed by atoms with van der Waals surface area (Å²) in [4.78, 5) is 11.6. The predicted octanol–water partition coefficient (Wildman–Crippen LogP) is 1.25. The number of amides is 1. The van der Waals surface area contributed by atoms with Gasteiger partial charge in [0.05, 0.1) is 5.69 Å². The van der Waals surface area contributed by atoms with Crippen LogP contribution in [-0.2, 0) is 11.3 Å². The van der Waals surface area contributed by atoms with Gasteiger partial charge in [0.25, 0.3) is 0 Å². The van der Waals surface area contributed by atoms with Crippen molar-refractivity contribution in [3.63, 3.8) is 0 Å². The van der Waals surface area contributed by atoms with Crippen molar-refractivity contribution in [3.05, 3.63) is 18.0 Å². The number of carbonyl (C=O) groups is 1. The second-order valence-corrected chi connectivity index (χ2v) is 4.20. The highest BCUT2D eigenvalue weighted by molar-refractivity contribution is 5.75. The molecule has 0 aliphatic heterocycles. The number of nitrogens with zero attached hydrogens (tertiary/aromatic N) is 2. The van der Waals surface area contributed by atoms with E-state index in [-0.39, 0.29) is 5.91 Å². The normalized spacial score (nSPS) is 16.9. The van der Waals surface area contributed by atoms with Gasteiger partial charge in [0, 0.05) is 12.2 Å². The van der Waals surface area contributed by atoms with Crippen LogP contribution in [-0.4, -0.2) is 21.7 Å². The molecule has 0 saturated heterocycles. The highest BCUT2D eigenvalue weighted by Crippen LogP contribution is 2.17. The van der Waals surface area contributed by atoms with Gasteiger partial charge in [0.1, 0.15) is 6.54 Å². The van der Waals surface area contributed by atoms with Crippen LogP contribution < -0.4 is 5.32 Å². The molecule has 0 radical (unpaired) electrons. The molecule has 1 saturated carbocycles. The summed E-state index contributed by atoms with van der Waals surface area (Å²) in [5, 5.41) is 7.22. The fraction of sp³-hybridized carbons (Fsp3) is 0.636. The number of aromatic nitrogens is 2. The molecule has 1 aromatic heterocycles. The average molecular weight is 207 g/mol. The third-order valence-electron chi connectivity index (χ3n) is 2.80. The van der Waals surface area contributed by atoms with Gasteiger partial charge >= 0.3 is 0 Å². The van der Waals surface area contributed by atoms with Gasteiger partial charge in [-0.15, -0.1) is 0 Å². The van der Waals surface area contributed by atoms with Crippen molar-refractivity contribution in [3.8, 4) is 0 Å². The maximum absolute atomic E-state index is 11.6. The van der Waals surface area contributed by atoms with Crippen molar-refractivity contribution in [2.45, 2.75) is 45.2 Å². The summed E-state index contributed by atoms with van der Waals surface area (Å²) in [5.74, 6) is 0.0741.